The first-order valence-electron chi connectivity index (χ1n) is 4.78. The molecule has 0 spiro atoms. The van der Waals surface area contributed by atoms with Gasteiger partial charge in [0.15, 0.2) is 0 Å². The predicted octanol–water partition coefficient (Wildman–Crippen LogP) is -0.938. The van der Waals surface area contributed by atoms with Crippen molar-refractivity contribution < 1.29 is 4.79 Å². The Bertz CT molecular complexity index is 328. The van der Waals surface area contributed by atoms with E-state index >= 15 is 0 Å². The van der Waals surface area contributed by atoms with Gasteiger partial charge in [0.2, 0.25) is 11.0 Å². The van der Waals surface area contributed by atoms with Gasteiger partial charge in [0.25, 0.3) is 0 Å². The summed E-state index contributed by atoms with van der Waals surface area (Å²) in [6.45, 7) is 2.31. The maximum absolute atomic E-state index is 11.6. The van der Waals surface area contributed by atoms with Crippen molar-refractivity contribution in [1.29, 1.82) is 0 Å². The number of amides is 1. The van der Waals surface area contributed by atoms with Crippen LogP contribution in [0.2, 0.25) is 0 Å². The van der Waals surface area contributed by atoms with Crippen molar-refractivity contribution in [2.75, 3.05) is 31.6 Å². The molecule has 2 N–H and O–H groups in total. The minimum Gasteiger partial charge on any atom is -0.357 e. The summed E-state index contributed by atoms with van der Waals surface area (Å²) in [5.41, 5.74) is 1.68. The maximum Gasteiger partial charge on any atom is 0.243 e. The van der Waals surface area contributed by atoms with Gasteiger partial charge in [0, 0.05) is 26.7 Å². The van der Waals surface area contributed by atoms with Gasteiger partial charge in [-0.25, -0.2) is 0 Å². The number of hydrogen-bond acceptors (Lipinski definition) is 6. The first kappa shape index (κ1) is 10.3. The van der Waals surface area contributed by atoms with Gasteiger partial charge in [-0.05, 0) is 0 Å². The second-order valence-electron chi connectivity index (χ2n) is 3.25. The van der Waals surface area contributed by atoms with E-state index < -0.39 is 0 Å². The highest BCUT2D eigenvalue weighted by atomic mass is 32.1. The minimum atomic E-state index is -0.184. The van der Waals surface area contributed by atoms with E-state index in [-0.39, 0.29) is 11.9 Å². The van der Waals surface area contributed by atoms with Crippen LogP contribution in [0.1, 0.15) is 0 Å². The lowest BCUT2D eigenvalue weighted by atomic mass is 10.2. The van der Waals surface area contributed by atoms with Crippen molar-refractivity contribution in [2.24, 2.45) is 0 Å². The third kappa shape index (κ3) is 2.07. The molecule has 15 heavy (non-hydrogen) atoms. The quantitative estimate of drug-likeness (QED) is 0.682. The molecule has 0 radical (unpaired) electrons. The molecule has 2 heterocycles. The second-order valence-corrected chi connectivity index (χ2v) is 4.06. The Kier molecular flexibility index (Phi) is 3.12. The number of rotatable bonds is 2. The molecule has 1 saturated heterocycles. The Hall–Kier alpha value is -1.21. The van der Waals surface area contributed by atoms with Crippen LogP contribution < -0.4 is 15.5 Å². The van der Waals surface area contributed by atoms with Crippen molar-refractivity contribution in [3.63, 3.8) is 0 Å². The fourth-order valence-electron chi connectivity index (χ4n) is 1.63. The zero-order chi connectivity index (χ0) is 10.7. The molecular formula is C8H13N5OS. The van der Waals surface area contributed by atoms with Crippen molar-refractivity contribution in [3.8, 4) is 0 Å². The highest BCUT2D eigenvalue weighted by Crippen LogP contribution is 2.19. The number of anilines is 1. The van der Waals surface area contributed by atoms with E-state index in [0.717, 1.165) is 18.2 Å². The minimum absolute atomic E-state index is 0.0115. The SMILES string of the molecule is CNC(=O)C1CNCCN1c1nncs1. The summed E-state index contributed by atoms with van der Waals surface area (Å²) < 4.78 is 0. The lowest BCUT2D eigenvalue weighted by molar-refractivity contribution is -0.122. The van der Waals surface area contributed by atoms with E-state index in [4.69, 9.17) is 0 Å². The summed E-state index contributed by atoms with van der Waals surface area (Å²) in [6, 6.07) is -0.184. The van der Waals surface area contributed by atoms with E-state index in [1.807, 2.05) is 4.90 Å². The molecule has 0 bridgehead atoms. The third-order valence-corrected chi connectivity index (χ3v) is 3.11. The van der Waals surface area contributed by atoms with Gasteiger partial charge in [0.1, 0.15) is 11.6 Å². The molecule has 7 heteroatoms. The van der Waals surface area contributed by atoms with Gasteiger partial charge >= 0.3 is 0 Å². The average molecular weight is 227 g/mol. The average Bonchev–Trinajstić information content (AvgIpc) is 2.81. The van der Waals surface area contributed by atoms with Crippen LogP contribution in [0.3, 0.4) is 0 Å². The van der Waals surface area contributed by atoms with Gasteiger partial charge in [-0.3, -0.25) is 4.79 Å². The van der Waals surface area contributed by atoms with Gasteiger partial charge in [-0.15, -0.1) is 10.2 Å². The molecule has 1 aliphatic heterocycles. The van der Waals surface area contributed by atoms with E-state index in [1.54, 1.807) is 12.6 Å². The molecule has 0 saturated carbocycles. The van der Waals surface area contributed by atoms with Crippen molar-refractivity contribution in [1.82, 2.24) is 20.8 Å². The normalized spacial score (nSPS) is 21.4. The molecule has 82 valence electrons. The standard InChI is InChI=1S/C8H13N5OS/c1-9-7(14)6-4-10-2-3-13(6)8-12-11-5-15-8/h5-6,10H,2-4H2,1H3,(H,9,14). The van der Waals surface area contributed by atoms with E-state index in [1.165, 1.54) is 11.3 Å². The highest BCUT2D eigenvalue weighted by Gasteiger charge is 2.29. The number of aromatic nitrogens is 2. The molecule has 1 aliphatic rings. The molecule has 1 fully saturated rings. The monoisotopic (exact) mass is 227 g/mol. The molecule has 1 aromatic rings. The van der Waals surface area contributed by atoms with E-state index in [0.29, 0.717) is 6.54 Å². The Morgan fingerprint density at radius 2 is 2.67 bits per heavy atom. The first-order chi connectivity index (χ1) is 7.33. The first-order valence-corrected chi connectivity index (χ1v) is 5.66. The van der Waals surface area contributed by atoms with Crippen LogP contribution in [0.4, 0.5) is 5.13 Å². The van der Waals surface area contributed by atoms with Crippen molar-refractivity contribution in [3.05, 3.63) is 5.51 Å². The number of likely N-dealkylation sites (N-methyl/N-ethyl adjacent to an activating group) is 1. The number of piperazine rings is 1. The zero-order valence-corrected chi connectivity index (χ0v) is 9.25. The fraction of sp³-hybridized carbons (Fsp3) is 0.625. The van der Waals surface area contributed by atoms with Gasteiger partial charge in [-0.2, -0.15) is 0 Å². The Morgan fingerprint density at radius 1 is 1.80 bits per heavy atom. The van der Waals surface area contributed by atoms with E-state index in [2.05, 4.69) is 20.8 Å². The lowest BCUT2D eigenvalue weighted by Crippen LogP contribution is -2.57. The number of nitrogens with one attached hydrogen (secondary N) is 2. The molecule has 1 amide bonds. The van der Waals surface area contributed by atoms with Crippen LogP contribution in [0.15, 0.2) is 5.51 Å². The molecule has 1 aromatic heterocycles. The maximum atomic E-state index is 11.6. The second kappa shape index (κ2) is 4.54. The van der Waals surface area contributed by atoms with Gasteiger partial charge in [-0.1, -0.05) is 11.3 Å². The fourth-order valence-corrected chi connectivity index (χ4v) is 2.26. The summed E-state index contributed by atoms with van der Waals surface area (Å²) in [4.78, 5) is 13.6. The smallest absolute Gasteiger partial charge is 0.243 e. The van der Waals surface area contributed by atoms with Crippen LogP contribution in [0.25, 0.3) is 0 Å². The molecule has 0 aromatic carbocycles. The zero-order valence-electron chi connectivity index (χ0n) is 8.43. The van der Waals surface area contributed by atoms with Crippen molar-refractivity contribution >= 4 is 22.4 Å². The predicted molar refractivity (Wildman–Crippen MR) is 58.0 cm³/mol. The molecule has 1 atom stereocenters. The molecular weight excluding hydrogens is 214 g/mol. The lowest BCUT2D eigenvalue weighted by Gasteiger charge is -2.34. The Morgan fingerprint density at radius 3 is 3.33 bits per heavy atom. The molecule has 2 rings (SSSR count). The summed E-state index contributed by atoms with van der Waals surface area (Å²) >= 11 is 1.46. The van der Waals surface area contributed by atoms with Crippen molar-refractivity contribution in [2.45, 2.75) is 6.04 Å². The summed E-state index contributed by atoms with van der Waals surface area (Å²) in [7, 11) is 1.65. The van der Waals surface area contributed by atoms with E-state index in [9.17, 15) is 4.79 Å². The van der Waals surface area contributed by atoms with Gasteiger partial charge in [0.05, 0.1) is 0 Å². The number of carbonyl (C=O) groups is 1. The van der Waals surface area contributed by atoms with Crippen LogP contribution >= 0.6 is 11.3 Å². The number of nitrogens with zero attached hydrogens (tertiary/aromatic N) is 3. The summed E-state index contributed by atoms with van der Waals surface area (Å²) in [5.74, 6) is 0.0115. The third-order valence-electron chi connectivity index (χ3n) is 2.39. The molecule has 1 unspecified atom stereocenters. The number of carbonyl (C=O) groups excluding carboxylic acids is 1. The van der Waals surface area contributed by atoms with Crippen LogP contribution in [0.5, 0.6) is 0 Å². The highest BCUT2D eigenvalue weighted by molar-refractivity contribution is 7.13. The Labute approximate surface area is 91.7 Å². The Balaban J connectivity index is 2.16. The topological polar surface area (TPSA) is 70.2 Å². The summed E-state index contributed by atoms with van der Waals surface area (Å²) in [5, 5.41) is 14.5. The van der Waals surface area contributed by atoms with Crippen LogP contribution in [-0.4, -0.2) is 48.8 Å². The molecule has 6 nitrogen and oxygen atoms in total. The van der Waals surface area contributed by atoms with Crippen LogP contribution in [-0.2, 0) is 4.79 Å². The van der Waals surface area contributed by atoms with Crippen LogP contribution in [0, 0.1) is 0 Å². The molecule has 0 aliphatic carbocycles. The number of hydrogen-bond donors (Lipinski definition) is 2. The summed E-state index contributed by atoms with van der Waals surface area (Å²) in [6.07, 6.45) is 0. The van der Waals surface area contributed by atoms with Gasteiger partial charge < -0.3 is 15.5 Å². The largest absolute Gasteiger partial charge is 0.357 e.